The number of benzene rings is 2. The molecule has 0 radical (unpaired) electrons. The molecule has 5 nitrogen and oxygen atoms in total. The van der Waals surface area contributed by atoms with Crippen molar-refractivity contribution in [2.45, 2.75) is 39.4 Å². The summed E-state index contributed by atoms with van der Waals surface area (Å²) in [5.74, 6) is -0.314. The summed E-state index contributed by atoms with van der Waals surface area (Å²) in [6, 6.07) is 19.7. The topological polar surface area (TPSA) is 54.3 Å². The third-order valence-corrected chi connectivity index (χ3v) is 7.44. The van der Waals surface area contributed by atoms with Crippen LogP contribution in [0.2, 0.25) is 0 Å². The lowest BCUT2D eigenvalue weighted by Crippen LogP contribution is -2.64. The van der Waals surface area contributed by atoms with Crippen molar-refractivity contribution in [1.29, 1.82) is 0 Å². The van der Waals surface area contributed by atoms with E-state index in [1.54, 1.807) is 16.2 Å². The number of hydrogen-bond acceptors (Lipinski definition) is 3. The number of nitrogens with one attached hydrogen (secondary N) is 1. The van der Waals surface area contributed by atoms with Gasteiger partial charge >= 0.3 is 0 Å². The van der Waals surface area contributed by atoms with E-state index in [9.17, 15) is 9.59 Å². The standard InChI is InChI=1S/C26H25N3O2S/c1-17-8-7-11-21(18(17)2)29-23(30)22-14-20-12-13-32-24(20)28(22)16-26(29,3)25(31)27-15-19-9-5-4-6-10-19/h4-14H,15-16H2,1-3H3,(H,27,31)/t26-/m0/s1. The fourth-order valence-electron chi connectivity index (χ4n) is 4.52. The molecule has 0 saturated carbocycles. The van der Waals surface area contributed by atoms with Crippen molar-refractivity contribution in [1.82, 2.24) is 9.88 Å². The number of carbonyl (C=O) groups is 2. The molecule has 2 amide bonds. The van der Waals surface area contributed by atoms with E-state index in [4.69, 9.17) is 0 Å². The van der Waals surface area contributed by atoms with E-state index >= 15 is 0 Å². The van der Waals surface area contributed by atoms with Crippen LogP contribution >= 0.6 is 11.3 Å². The second kappa shape index (κ2) is 7.64. The highest BCUT2D eigenvalue weighted by Crippen LogP contribution is 2.39. The smallest absolute Gasteiger partial charge is 0.275 e. The molecule has 1 N–H and O–H groups in total. The zero-order chi connectivity index (χ0) is 22.5. The summed E-state index contributed by atoms with van der Waals surface area (Å²) in [4.78, 5) is 30.3. The Morgan fingerprint density at radius 1 is 1.09 bits per heavy atom. The monoisotopic (exact) mass is 443 g/mol. The Labute approximate surface area is 191 Å². The molecule has 162 valence electrons. The summed E-state index contributed by atoms with van der Waals surface area (Å²) in [5.41, 5.74) is 3.44. The van der Waals surface area contributed by atoms with E-state index in [0.717, 1.165) is 32.6 Å². The Balaban J connectivity index is 1.61. The summed E-state index contributed by atoms with van der Waals surface area (Å²) in [5, 5.41) is 6.14. The average Bonchev–Trinajstić information content (AvgIpc) is 3.38. The van der Waals surface area contributed by atoms with Crippen molar-refractivity contribution in [3.63, 3.8) is 0 Å². The molecule has 2 aromatic carbocycles. The van der Waals surface area contributed by atoms with Gasteiger partial charge in [0.05, 0.1) is 6.54 Å². The van der Waals surface area contributed by atoms with Gasteiger partial charge in [-0.15, -0.1) is 11.3 Å². The molecule has 1 aliphatic rings. The second-order valence-corrected chi connectivity index (χ2v) is 9.49. The minimum atomic E-state index is -1.08. The van der Waals surface area contributed by atoms with E-state index in [1.165, 1.54) is 0 Å². The number of nitrogens with zero attached hydrogens (tertiary/aromatic N) is 2. The summed E-state index contributed by atoms with van der Waals surface area (Å²) < 4.78 is 2.01. The zero-order valence-electron chi connectivity index (χ0n) is 18.4. The van der Waals surface area contributed by atoms with Crippen molar-refractivity contribution in [3.8, 4) is 0 Å². The number of carbonyl (C=O) groups excluding carboxylic acids is 2. The molecule has 1 atom stereocenters. The average molecular weight is 444 g/mol. The van der Waals surface area contributed by atoms with Crippen LogP contribution in [0.25, 0.3) is 10.2 Å². The first-order valence-corrected chi connectivity index (χ1v) is 11.6. The molecule has 4 aromatic rings. The van der Waals surface area contributed by atoms with E-state index in [-0.39, 0.29) is 11.8 Å². The predicted octanol–water partition coefficient (Wildman–Crippen LogP) is 5.06. The number of amides is 2. The van der Waals surface area contributed by atoms with E-state index < -0.39 is 5.54 Å². The first-order valence-electron chi connectivity index (χ1n) is 10.7. The van der Waals surface area contributed by atoms with Gasteiger partial charge in [0.15, 0.2) is 0 Å². The predicted molar refractivity (Wildman–Crippen MR) is 129 cm³/mol. The van der Waals surface area contributed by atoms with Gasteiger partial charge < -0.3 is 9.88 Å². The molecule has 2 aromatic heterocycles. The largest absolute Gasteiger partial charge is 0.350 e. The molecule has 32 heavy (non-hydrogen) atoms. The van der Waals surface area contributed by atoms with Gasteiger partial charge in [-0.1, -0.05) is 42.5 Å². The maximum Gasteiger partial charge on any atom is 0.275 e. The van der Waals surface area contributed by atoms with E-state index in [1.807, 2.05) is 91.4 Å². The van der Waals surface area contributed by atoms with Crippen LogP contribution < -0.4 is 10.2 Å². The molecular weight excluding hydrogens is 418 g/mol. The first-order chi connectivity index (χ1) is 15.4. The molecule has 0 saturated heterocycles. The lowest BCUT2D eigenvalue weighted by molar-refractivity contribution is -0.126. The van der Waals surface area contributed by atoms with Gasteiger partial charge in [-0.2, -0.15) is 0 Å². The fourth-order valence-corrected chi connectivity index (χ4v) is 5.42. The second-order valence-electron chi connectivity index (χ2n) is 8.60. The molecule has 0 fully saturated rings. The van der Waals surface area contributed by atoms with Crippen molar-refractivity contribution in [2.24, 2.45) is 0 Å². The van der Waals surface area contributed by atoms with Crippen molar-refractivity contribution in [2.75, 3.05) is 4.90 Å². The maximum absolute atomic E-state index is 13.9. The van der Waals surface area contributed by atoms with E-state index in [2.05, 4.69) is 5.32 Å². The SMILES string of the molecule is Cc1cccc(N2C(=O)c3cc4ccsc4n3C[C@@]2(C)C(=O)NCc2ccccc2)c1C. The molecular formula is C26H25N3O2S. The van der Waals surface area contributed by atoms with Gasteiger partial charge in [-0.25, -0.2) is 0 Å². The minimum Gasteiger partial charge on any atom is -0.350 e. The molecule has 0 spiro atoms. The molecule has 0 aliphatic carbocycles. The molecule has 1 aliphatic heterocycles. The number of thiophene rings is 1. The fraction of sp³-hybridized carbons (Fsp3) is 0.231. The van der Waals surface area contributed by atoms with Crippen LogP contribution in [0.3, 0.4) is 0 Å². The van der Waals surface area contributed by atoms with Gasteiger partial charge in [-0.3, -0.25) is 14.5 Å². The van der Waals surface area contributed by atoms with Gasteiger partial charge in [0, 0.05) is 17.6 Å². The maximum atomic E-state index is 13.9. The third-order valence-electron chi connectivity index (χ3n) is 6.49. The molecule has 5 rings (SSSR count). The van der Waals surface area contributed by atoms with Crippen LogP contribution in [0.5, 0.6) is 0 Å². The number of aryl methyl sites for hydroxylation is 1. The minimum absolute atomic E-state index is 0.147. The molecule has 0 unspecified atom stereocenters. The Hall–Kier alpha value is -3.38. The highest BCUT2D eigenvalue weighted by molar-refractivity contribution is 7.16. The normalized spacial score (nSPS) is 18.1. The first kappa shape index (κ1) is 20.5. The Kier molecular flexibility index (Phi) is 4.90. The van der Waals surface area contributed by atoms with Gasteiger partial charge in [0.1, 0.15) is 16.1 Å². The van der Waals surface area contributed by atoms with E-state index in [0.29, 0.717) is 18.8 Å². The Bertz CT molecular complexity index is 1340. The Morgan fingerprint density at radius 2 is 1.88 bits per heavy atom. The van der Waals surface area contributed by atoms with Crippen molar-refractivity contribution in [3.05, 3.63) is 88.4 Å². The molecule has 3 heterocycles. The quantitative estimate of drug-likeness (QED) is 0.480. The number of fused-ring (bicyclic) bond motifs is 3. The van der Waals surface area contributed by atoms with Crippen molar-refractivity contribution >= 4 is 39.1 Å². The number of aromatic nitrogens is 1. The molecule has 6 heteroatoms. The highest BCUT2D eigenvalue weighted by Gasteiger charge is 2.49. The van der Waals surface area contributed by atoms with Crippen LogP contribution in [-0.2, 0) is 17.9 Å². The van der Waals surface area contributed by atoms with Gasteiger partial charge in [0.25, 0.3) is 5.91 Å². The lowest BCUT2D eigenvalue weighted by atomic mass is 9.92. The van der Waals surface area contributed by atoms with Crippen LogP contribution in [0.1, 0.15) is 34.1 Å². The van der Waals surface area contributed by atoms with Crippen LogP contribution in [0, 0.1) is 13.8 Å². The number of hydrogen-bond donors (Lipinski definition) is 1. The number of rotatable bonds is 4. The Morgan fingerprint density at radius 3 is 2.66 bits per heavy atom. The number of anilines is 1. The van der Waals surface area contributed by atoms with Crippen LogP contribution in [0.15, 0.2) is 66.0 Å². The lowest BCUT2D eigenvalue weighted by Gasteiger charge is -2.44. The summed E-state index contributed by atoms with van der Waals surface area (Å²) in [6.45, 7) is 6.71. The molecule has 0 bridgehead atoms. The van der Waals surface area contributed by atoms with Gasteiger partial charge in [0.2, 0.25) is 5.91 Å². The zero-order valence-corrected chi connectivity index (χ0v) is 19.2. The highest BCUT2D eigenvalue weighted by atomic mass is 32.1. The van der Waals surface area contributed by atoms with Crippen molar-refractivity contribution < 1.29 is 9.59 Å². The summed E-state index contributed by atoms with van der Waals surface area (Å²) in [7, 11) is 0. The summed E-state index contributed by atoms with van der Waals surface area (Å²) >= 11 is 1.60. The van der Waals surface area contributed by atoms with Gasteiger partial charge in [-0.05, 0) is 61.0 Å². The summed E-state index contributed by atoms with van der Waals surface area (Å²) in [6.07, 6.45) is 0. The van der Waals surface area contributed by atoms with Crippen LogP contribution in [0.4, 0.5) is 5.69 Å². The third kappa shape index (κ3) is 3.14. The van der Waals surface area contributed by atoms with Crippen LogP contribution in [-0.4, -0.2) is 21.9 Å².